The van der Waals surface area contributed by atoms with Crippen LogP contribution < -0.4 is 4.74 Å². The summed E-state index contributed by atoms with van der Waals surface area (Å²) in [6.07, 6.45) is 0. The highest BCUT2D eigenvalue weighted by atomic mass is 79.9. The molecule has 1 unspecified atom stereocenters. The third-order valence-electron chi connectivity index (χ3n) is 2.70. The predicted octanol–water partition coefficient (Wildman–Crippen LogP) is 6.25. The fourth-order valence-electron chi connectivity index (χ4n) is 1.78. The molecule has 19 heavy (non-hydrogen) atoms. The molecule has 0 radical (unpaired) electrons. The molecule has 0 aliphatic heterocycles. The second kappa shape index (κ2) is 6.49. The van der Waals surface area contributed by atoms with E-state index in [2.05, 4.69) is 31.9 Å². The maximum atomic E-state index is 6.24. The van der Waals surface area contributed by atoms with Gasteiger partial charge >= 0.3 is 0 Å². The number of benzene rings is 2. The highest BCUT2D eigenvalue weighted by Gasteiger charge is 2.18. The molecule has 0 saturated heterocycles. The maximum absolute atomic E-state index is 6.24. The molecule has 2 rings (SSSR count). The Morgan fingerprint density at radius 1 is 1.05 bits per heavy atom. The summed E-state index contributed by atoms with van der Waals surface area (Å²) in [5, 5.41) is 1.31. The molecule has 2 aromatic carbocycles. The lowest BCUT2D eigenvalue weighted by molar-refractivity contribution is 0.410. The lowest BCUT2D eigenvalue weighted by Crippen LogP contribution is -1.98. The molecule has 0 fully saturated rings. The summed E-state index contributed by atoms with van der Waals surface area (Å²) in [6.45, 7) is 0. The zero-order chi connectivity index (χ0) is 14.0. The highest BCUT2D eigenvalue weighted by Crippen LogP contribution is 2.41. The molecule has 0 aliphatic rings. The van der Waals surface area contributed by atoms with E-state index >= 15 is 0 Å². The van der Waals surface area contributed by atoms with E-state index in [1.807, 2.05) is 24.3 Å². The van der Waals surface area contributed by atoms with Gasteiger partial charge in [0.15, 0.2) is 0 Å². The summed E-state index contributed by atoms with van der Waals surface area (Å²) in [5.74, 6) is 0.793. The van der Waals surface area contributed by atoms with Gasteiger partial charge in [0, 0.05) is 20.1 Å². The summed E-state index contributed by atoms with van der Waals surface area (Å²) in [7, 11) is 1.64. The van der Waals surface area contributed by atoms with Crippen LogP contribution >= 0.6 is 55.1 Å². The van der Waals surface area contributed by atoms with Crippen molar-refractivity contribution in [3.8, 4) is 5.75 Å². The lowest BCUT2D eigenvalue weighted by atomic mass is 10.0. The van der Waals surface area contributed by atoms with E-state index in [9.17, 15) is 0 Å². The first kappa shape index (κ1) is 15.2. The summed E-state index contributed by atoms with van der Waals surface area (Å²) in [4.78, 5) is -0.0915. The summed E-state index contributed by atoms with van der Waals surface area (Å²) >= 11 is 19.4. The van der Waals surface area contributed by atoms with Gasteiger partial charge in [0.25, 0.3) is 0 Å². The van der Waals surface area contributed by atoms with Crippen LogP contribution in [-0.4, -0.2) is 7.11 Å². The van der Waals surface area contributed by atoms with Crippen LogP contribution in [0.25, 0.3) is 0 Å². The van der Waals surface area contributed by atoms with E-state index in [0.29, 0.717) is 10.0 Å². The van der Waals surface area contributed by atoms with Gasteiger partial charge in [-0.1, -0.05) is 55.1 Å². The Morgan fingerprint density at radius 2 is 1.79 bits per heavy atom. The zero-order valence-corrected chi connectivity index (χ0v) is 14.6. The number of rotatable bonds is 3. The standard InChI is InChI=1S/C14H10Br2Cl2O/c1-19-13-5-2-8(15)6-11(13)14(16)10-7-9(17)3-4-12(10)18/h2-7,14H,1H3. The van der Waals surface area contributed by atoms with Gasteiger partial charge in [-0.25, -0.2) is 0 Å². The summed E-state index contributed by atoms with van der Waals surface area (Å²) in [5.41, 5.74) is 1.90. The number of hydrogen-bond donors (Lipinski definition) is 0. The average molecular weight is 425 g/mol. The lowest BCUT2D eigenvalue weighted by Gasteiger charge is -2.16. The van der Waals surface area contributed by atoms with Crippen molar-refractivity contribution < 1.29 is 4.74 Å². The van der Waals surface area contributed by atoms with Gasteiger partial charge in [-0.3, -0.25) is 0 Å². The third-order valence-corrected chi connectivity index (χ3v) is 4.75. The van der Waals surface area contributed by atoms with Crippen molar-refractivity contribution in [3.63, 3.8) is 0 Å². The van der Waals surface area contributed by atoms with Gasteiger partial charge in [0.1, 0.15) is 5.75 Å². The van der Waals surface area contributed by atoms with Gasteiger partial charge in [-0.15, -0.1) is 0 Å². The Morgan fingerprint density at radius 3 is 2.47 bits per heavy atom. The Hall–Kier alpha value is -0.220. The number of methoxy groups -OCH3 is 1. The Labute approximate surface area is 139 Å². The minimum Gasteiger partial charge on any atom is -0.496 e. The van der Waals surface area contributed by atoms with Crippen molar-refractivity contribution in [2.75, 3.05) is 7.11 Å². The van der Waals surface area contributed by atoms with E-state index in [1.165, 1.54) is 0 Å². The topological polar surface area (TPSA) is 9.23 Å². The third kappa shape index (κ3) is 3.46. The first-order chi connectivity index (χ1) is 9.02. The average Bonchev–Trinajstić information content (AvgIpc) is 2.40. The molecule has 0 amide bonds. The fraction of sp³-hybridized carbons (Fsp3) is 0.143. The minimum absolute atomic E-state index is 0.0915. The molecule has 1 atom stereocenters. The monoisotopic (exact) mass is 422 g/mol. The summed E-state index contributed by atoms with van der Waals surface area (Å²) in [6, 6.07) is 11.2. The molecule has 100 valence electrons. The molecule has 1 nitrogen and oxygen atoms in total. The SMILES string of the molecule is COc1ccc(Br)cc1C(Br)c1cc(Cl)ccc1Cl. The van der Waals surface area contributed by atoms with Crippen molar-refractivity contribution in [2.24, 2.45) is 0 Å². The molecular weight excluding hydrogens is 415 g/mol. The molecule has 0 N–H and O–H groups in total. The van der Waals surface area contributed by atoms with E-state index in [1.54, 1.807) is 19.2 Å². The number of halogens is 4. The number of hydrogen-bond acceptors (Lipinski definition) is 1. The minimum atomic E-state index is -0.0915. The van der Waals surface area contributed by atoms with Crippen molar-refractivity contribution in [1.82, 2.24) is 0 Å². The van der Waals surface area contributed by atoms with Gasteiger partial charge in [0.2, 0.25) is 0 Å². The van der Waals surface area contributed by atoms with Crippen LogP contribution in [0.5, 0.6) is 5.75 Å². The largest absolute Gasteiger partial charge is 0.496 e. The van der Waals surface area contributed by atoms with Gasteiger partial charge in [-0.2, -0.15) is 0 Å². The van der Waals surface area contributed by atoms with Crippen LogP contribution in [-0.2, 0) is 0 Å². The summed E-state index contributed by atoms with van der Waals surface area (Å²) < 4.78 is 6.36. The second-order valence-electron chi connectivity index (χ2n) is 3.91. The quantitative estimate of drug-likeness (QED) is 0.529. The molecule has 0 heterocycles. The van der Waals surface area contributed by atoms with E-state index in [-0.39, 0.29) is 4.83 Å². The van der Waals surface area contributed by atoms with E-state index < -0.39 is 0 Å². The molecule has 5 heteroatoms. The number of alkyl halides is 1. The smallest absolute Gasteiger partial charge is 0.123 e. The van der Waals surface area contributed by atoms with Crippen LogP contribution in [0.4, 0.5) is 0 Å². The van der Waals surface area contributed by atoms with Crippen LogP contribution in [0.3, 0.4) is 0 Å². The molecule has 0 aliphatic carbocycles. The van der Waals surface area contributed by atoms with Crippen LogP contribution in [0.1, 0.15) is 16.0 Å². The fourth-order valence-corrected chi connectivity index (χ4v) is 3.43. The van der Waals surface area contributed by atoms with Crippen LogP contribution in [0.2, 0.25) is 10.0 Å². The van der Waals surface area contributed by atoms with Crippen LogP contribution in [0.15, 0.2) is 40.9 Å². The Balaban J connectivity index is 2.51. The molecular formula is C14H10Br2Cl2O. The molecule has 2 aromatic rings. The van der Waals surface area contributed by atoms with Gasteiger partial charge in [0.05, 0.1) is 11.9 Å². The Bertz CT molecular complexity index is 602. The van der Waals surface area contributed by atoms with Gasteiger partial charge in [-0.05, 0) is 42.0 Å². The molecule has 0 bridgehead atoms. The van der Waals surface area contributed by atoms with E-state index in [4.69, 9.17) is 27.9 Å². The molecule has 0 spiro atoms. The predicted molar refractivity (Wildman–Crippen MR) is 87.9 cm³/mol. The number of ether oxygens (including phenoxy) is 1. The molecule has 0 aromatic heterocycles. The van der Waals surface area contributed by atoms with Gasteiger partial charge < -0.3 is 4.74 Å². The van der Waals surface area contributed by atoms with Crippen LogP contribution in [0, 0.1) is 0 Å². The van der Waals surface area contributed by atoms with Crippen molar-refractivity contribution in [3.05, 3.63) is 62.0 Å². The molecule has 0 saturated carbocycles. The Kier molecular flexibility index (Phi) is 5.18. The highest BCUT2D eigenvalue weighted by molar-refractivity contribution is 9.10. The van der Waals surface area contributed by atoms with Crippen molar-refractivity contribution in [1.29, 1.82) is 0 Å². The van der Waals surface area contributed by atoms with Crippen molar-refractivity contribution in [2.45, 2.75) is 4.83 Å². The van der Waals surface area contributed by atoms with Crippen molar-refractivity contribution >= 4 is 55.1 Å². The maximum Gasteiger partial charge on any atom is 0.123 e. The van der Waals surface area contributed by atoms with E-state index in [0.717, 1.165) is 21.3 Å². The first-order valence-corrected chi connectivity index (χ1v) is 7.92. The first-order valence-electron chi connectivity index (χ1n) is 5.45. The second-order valence-corrected chi connectivity index (χ2v) is 6.59. The normalized spacial score (nSPS) is 12.3. The zero-order valence-electron chi connectivity index (χ0n) is 9.96.